The molecule has 1 atom stereocenters. The molecule has 5 heteroatoms. The maximum absolute atomic E-state index is 11.6. The van der Waals surface area contributed by atoms with E-state index in [1.165, 1.54) is 11.1 Å². The zero-order valence-electron chi connectivity index (χ0n) is 12.6. The minimum Gasteiger partial charge on any atom is -0.445 e. The number of rotatable bonds is 5. The van der Waals surface area contributed by atoms with E-state index in [2.05, 4.69) is 22.8 Å². The minimum absolute atomic E-state index is 0.174. The number of hydrogen-bond acceptors (Lipinski definition) is 3. The summed E-state index contributed by atoms with van der Waals surface area (Å²) in [5.41, 5.74) is 3.38. The van der Waals surface area contributed by atoms with Gasteiger partial charge >= 0.3 is 6.09 Å². The summed E-state index contributed by atoms with van der Waals surface area (Å²) in [7, 11) is 0. The Balaban J connectivity index is 1.47. The fraction of sp³-hybridized carbons (Fsp3) is 0.222. The molecule has 0 aromatic heterocycles. The van der Waals surface area contributed by atoms with E-state index in [9.17, 15) is 9.59 Å². The Morgan fingerprint density at radius 2 is 1.70 bits per heavy atom. The van der Waals surface area contributed by atoms with Crippen molar-refractivity contribution < 1.29 is 14.3 Å². The van der Waals surface area contributed by atoms with Crippen LogP contribution in [0.3, 0.4) is 0 Å². The van der Waals surface area contributed by atoms with E-state index in [0.29, 0.717) is 6.54 Å². The van der Waals surface area contributed by atoms with Crippen molar-refractivity contribution in [3.63, 3.8) is 0 Å². The van der Waals surface area contributed by atoms with Crippen molar-refractivity contribution in [2.75, 3.05) is 6.54 Å². The topological polar surface area (TPSA) is 67.4 Å². The number of amides is 2. The van der Waals surface area contributed by atoms with Gasteiger partial charge in [0.05, 0.1) is 0 Å². The van der Waals surface area contributed by atoms with Gasteiger partial charge in [0.1, 0.15) is 12.6 Å². The fourth-order valence-electron chi connectivity index (χ4n) is 2.32. The highest BCUT2D eigenvalue weighted by molar-refractivity contribution is 5.90. The highest BCUT2D eigenvalue weighted by atomic mass is 16.5. The van der Waals surface area contributed by atoms with Crippen LogP contribution in [0.5, 0.6) is 0 Å². The highest BCUT2D eigenvalue weighted by Crippen LogP contribution is 2.11. The maximum atomic E-state index is 11.6. The van der Waals surface area contributed by atoms with Crippen LogP contribution in [0, 0.1) is 0 Å². The van der Waals surface area contributed by atoms with E-state index in [1.54, 1.807) is 0 Å². The summed E-state index contributed by atoms with van der Waals surface area (Å²) in [6.07, 6.45) is 0.303. The number of carbonyl (C=O) groups excluding carboxylic acids is 2. The average molecular weight is 310 g/mol. The molecule has 1 fully saturated rings. The first-order chi connectivity index (χ1) is 11.2. The smallest absolute Gasteiger partial charge is 0.408 e. The summed E-state index contributed by atoms with van der Waals surface area (Å²) in [6, 6.07) is 17.7. The molecule has 0 saturated carbocycles. The lowest BCUT2D eigenvalue weighted by molar-refractivity contribution is -0.128. The Kier molecular flexibility index (Phi) is 4.57. The van der Waals surface area contributed by atoms with E-state index in [0.717, 1.165) is 12.0 Å². The van der Waals surface area contributed by atoms with E-state index >= 15 is 0 Å². The van der Waals surface area contributed by atoms with Gasteiger partial charge in [0, 0.05) is 6.54 Å². The van der Waals surface area contributed by atoms with Crippen LogP contribution in [0.15, 0.2) is 54.6 Å². The van der Waals surface area contributed by atoms with Crippen LogP contribution in [0.25, 0.3) is 0 Å². The molecule has 118 valence electrons. The molecule has 0 aliphatic carbocycles. The van der Waals surface area contributed by atoms with Crippen LogP contribution in [0.1, 0.15) is 16.7 Å². The fourth-order valence-corrected chi connectivity index (χ4v) is 2.32. The molecule has 1 heterocycles. The SMILES string of the molecule is O=C(N[C@H]1CNC1=O)OCc1ccc(Cc2ccccc2)cc1. The molecule has 5 nitrogen and oxygen atoms in total. The second kappa shape index (κ2) is 6.96. The van der Waals surface area contributed by atoms with Gasteiger partial charge in [-0.2, -0.15) is 0 Å². The van der Waals surface area contributed by atoms with Crippen molar-refractivity contribution in [3.8, 4) is 0 Å². The molecule has 0 bridgehead atoms. The number of nitrogens with one attached hydrogen (secondary N) is 2. The van der Waals surface area contributed by atoms with Crippen LogP contribution in [0.4, 0.5) is 4.79 Å². The maximum Gasteiger partial charge on any atom is 0.408 e. The summed E-state index contributed by atoms with van der Waals surface area (Å²) in [5.74, 6) is -0.174. The molecular weight excluding hydrogens is 292 g/mol. The van der Waals surface area contributed by atoms with Crippen molar-refractivity contribution in [1.29, 1.82) is 0 Å². The molecule has 1 aliphatic rings. The van der Waals surface area contributed by atoms with Gasteiger partial charge in [-0.25, -0.2) is 4.79 Å². The Morgan fingerprint density at radius 3 is 2.30 bits per heavy atom. The van der Waals surface area contributed by atoms with Gasteiger partial charge in [0.15, 0.2) is 0 Å². The number of alkyl carbamates (subject to hydrolysis) is 1. The molecule has 2 N–H and O–H groups in total. The van der Waals surface area contributed by atoms with Crippen molar-refractivity contribution in [3.05, 3.63) is 71.3 Å². The van der Waals surface area contributed by atoms with Crippen molar-refractivity contribution in [2.45, 2.75) is 19.1 Å². The summed E-state index contributed by atoms with van der Waals surface area (Å²) in [4.78, 5) is 22.6. The first-order valence-corrected chi connectivity index (χ1v) is 7.53. The first-order valence-electron chi connectivity index (χ1n) is 7.53. The van der Waals surface area contributed by atoms with E-state index in [4.69, 9.17) is 4.74 Å². The standard InChI is InChI=1S/C18H18N2O3/c21-17-16(11-19-17)20-18(22)23-12-15-8-6-14(7-9-15)10-13-4-2-1-3-5-13/h1-9,16H,10-12H2,(H,19,21)(H,20,22)/t16-/m0/s1. The summed E-state index contributed by atoms with van der Waals surface area (Å²) in [6.45, 7) is 0.647. The second-order valence-corrected chi connectivity index (χ2v) is 5.50. The third-order valence-corrected chi connectivity index (χ3v) is 3.73. The third-order valence-electron chi connectivity index (χ3n) is 3.73. The number of benzene rings is 2. The molecule has 2 amide bonds. The monoisotopic (exact) mass is 310 g/mol. The van der Waals surface area contributed by atoms with Crippen LogP contribution >= 0.6 is 0 Å². The van der Waals surface area contributed by atoms with Crippen LogP contribution in [-0.2, 0) is 22.6 Å². The normalized spacial score (nSPS) is 16.2. The molecule has 2 aromatic rings. The Morgan fingerprint density at radius 1 is 1.04 bits per heavy atom. The van der Waals surface area contributed by atoms with Crippen LogP contribution in [-0.4, -0.2) is 24.6 Å². The van der Waals surface area contributed by atoms with Gasteiger partial charge in [-0.05, 0) is 23.1 Å². The zero-order valence-corrected chi connectivity index (χ0v) is 12.6. The second-order valence-electron chi connectivity index (χ2n) is 5.50. The molecular formula is C18H18N2O3. The summed E-state index contributed by atoms with van der Waals surface area (Å²) in [5, 5.41) is 5.06. The molecule has 0 spiro atoms. The predicted octanol–water partition coefficient (Wildman–Crippen LogP) is 2.00. The first kappa shape index (κ1) is 15.1. The van der Waals surface area contributed by atoms with Gasteiger partial charge in [0.2, 0.25) is 5.91 Å². The summed E-state index contributed by atoms with van der Waals surface area (Å²) < 4.78 is 5.11. The molecule has 0 radical (unpaired) electrons. The quantitative estimate of drug-likeness (QED) is 0.830. The van der Waals surface area contributed by atoms with E-state index in [1.807, 2.05) is 42.5 Å². The van der Waals surface area contributed by atoms with Crippen LogP contribution < -0.4 is 10.6 Å². The van der Waals surface area contributed by atoms with Crippen LogP contribution in [0.2, 0.25) is 0 Å². The Labute approximate surface area is 134 Å². The molecule has 0 unspecified atom stereocenters. The summed E-state index contributed by atoms with van der Waals surface area (Å²) >= 11 is 0. The number of ether oxygens (including phenoxy) is 1. The highest BCUT2D eigenvalue weighted by Gasteiger charge is 2.29. The Bertz CT molecular complexity index is 683. The number of β-lactam (4-membered cyclic amide) rings is 1. The molecule has 23 heavy (non-hydrogen) atoms. The van der Waals surface area contributed by atoms with Gasteiger partial charge < -0.3 is 15.4 Å². The minimum atomic E-state index is -0.571. The predicted molar refractivity (Wildman–Crippen MR) is 85.8 cm³/mol. The average Bonchev–Trinajstić information content (AvgIpc) is 2.59. The molecule has 1 aliphatic heterocycles. The van der Waals surface area contributed by atoms with E-state index < -0.39 is 12.1 Å². The lowest BCUT2D eigenvalue weighted by Gasteiger charge is -2.26. The third kappa shape index (κ3) is 4.10. The van der Waals surface area contributed by atoms with Gasteiger partial charge in [-0.1, -0.05) is 54.6 Å². The zero-order chi connectivity index (χ0) is 16.1. The van der Waals surface area contributed by atoms with Gasteiger partial charge in [-0.15, -0.1) is 0 Å². The van der Waals surface area contributed by atoms with E-state index in [-0.39, 0.29) is 12.5 Å². The lowest BCUT2D eigenvalue weighted by Crippen LogP contribution is -2.61. The largest absolute Gasteiger partial charge is 0.445 e. The molecule has 1 saturated heterocycles. The van der Waals surface area contributed by atoms with Crippen molar-refractivity contribution in [1.82, 2.24) is 10.6 Å². The lowest BCUT2D eigenvalue weighted by atomic mass is 10.0. The number of hydrogen-bond donors (Lipinski definition) is 2. The van der Waals surface area contributed by atoms with Crippen molar-refractivity contribution >= 4 is 12.0 Å². The van der Waals surface area contributed by atoms with Gasteiger partial charge in [-0.3, -0.25) is 4.79 Å². The van der Waals surface area contributed by atoms with Gasteiger partial charge in [0.25, 0.3) is 0 Å². The number of carbonyl (C=O) groups is 2. The molecule has 2 aromatic carbocycles. The molecule has 3 rings (SSSR count). The van der Waals surface area contributed by atoms with Crippen molar-refractivity contribution in [2.24, 2.45) is 0 Å². The Hall–Kier alpha value is -2.82.